The predicted molar refractivity (Wildman–Crippen MR) is 231 cm³/mol. The van der Waals surface area contributed by atoms with Crippen LogP contribution in [0.4, 0.5) is 0 Å². The molecule has 0 amide bonds. The highest BCUT2D eigenvalue weighted by Gasteiger charge is 2.22. The van der Waals surface area contributed by atoms with E-state index in [1.807, 2.05) is 0 Å². The summed E-state index contributed by atoms with van der Waals surface area (Å²) >= 11 is 0. The van der Waals surface area contributed by atoms with Gasteiger partial charge in [-0.1, -0.05) is 109 Å². The van der Waals surface area contributed by atoms with Crippen LogP contribution in [-0.2, 0) is 7.05 Å². The second kappa shape index (κ2) is 12.7. The van der Waals surface area contributed by atoms with Crippen LogP contribution in [0.15, 0.2) is 182 Å². The SMILES string of the molecule is Cc1cc(-c2cc3cc(c2)c2cccc(c2)c2cccc(c2)c2cccc(c2)c2cccc(c2)c2cccc3c2)ccc1-n1c(C)[n+](C)c2ccccc21. The van der Waals surface area contributed by atoms with Gasteiger partial charge in [-0.25, -0.2) is 4.57 Å². The van der Waals surface area contributed by atoms with E-state index in [2.05, 4.69) is 212 Å². The lowest BCUT2D eigenvalue weighted by Gasteiger charge is -2.10. The highest BCUT2D eigenvalue weighted by Crippen LogP contribution is 2.32. The molecule has 2 nitrogen and oxygen atoms in total. The molecule has 1 heterocycles. The first-order chi connectivity index (χ1) is 26.5. The molecule has 0 N–H and O–H groups in total. The van der Waals surface area contributed by atoms with Crippen LogP contribution in [0.5, 0.6) is 0 Å². The Bertz CT molecular complexity index is 3110. The fraction of sp³-hybridized carbons (Fsp3) is 0.0577. The summed E-state index contributed by atoms with van der Waals surface area (Å²) in [5, 5.41) is 14.5. The number of rotatable bonds is 2. The van der Waals surface area contributed by atoms with Gasteiger partial charge >= 0.3 is 0 Å². The summed E-state index contributed by atoms with van der Waals surface area (Å²) in [4.78, 5) is 0. The average molecular weight is 692 g/mol. The van der Waals surface area contributed by atoms with Gasteiger partial charge in [-0.05, 0) is 161 Å². The van der Waals surface area contributed by atoms with Crippen LogP contribution in [-0.4, -0.2) is 4.57 Å². The van der Waals surface area contributed by atoms with E-state index in [1.54, 1.807) is 0 Å². The summed E-state index contributed by atoms with van der Waals surface area (Å²) in [6.45, 7) is 4.43. The van der Waals surface area contributed by atoms with Crippen molar-refractivity contribution in [2.45, 2.75) is 13.8 Å². The number of aromatic nitrogens is 2. The van der Waals surface area contributed by atoms with Gasteiger partial charge in [0.15, 0.2) is 11.0 Å². The third-order valence-corrected chi connectivity index (χ3v) is 11.3. The van der Waals surface area contributed by atoms with E-state index in [0.717, 1.165) is 0 Å². The number of fused-ring (bicyclic) bond motifs is 19. The minimum absolute atomic E-state index is 1.20. The Morgan fingerprint density at radius 1 is 0.352 bits per heavy atom. The molecule has 0 saturated carbocycles. The van der Waals surface area contributed by atoms with Crippen LogP contribution in [0.1, 0.15) is 11.4 Å². The van der Waals surface area contributed by atoms with Crippen molar-refractivity contribution in [3.05, 3.63) is 193 Å². The van der Waals surface area contributed by atoms with Crippen molar-refractivity contribution in [1.82, 2.24) is 4.57 Å². The van der Waals surface area contributed by atoms with Crippen LogP contribution < -0.4 is 4.57 Å². The molecule has 0 spiro atoms. The van der Waals surface area contributed by atoms with E-state index in [-0.39, 0.29) is 0 Å². The molecule has 0 atom stereocenters. The Balaban J connectivity index is 1.27. The van der Waals surface area contributed by atoms with Gasteiger partial charge in [0.1, 0.15) is 5.69 Å². The molecular formula is C52H39N2+. The third kappa shape index (κ3) is 5.47. The minimum Gasteiger partial charge on any atom is -0.230 e. The minimum atomic E-state index is 1.20. The fourth-order valence-corrected chi connectivity index (χ4v) is 8.34. The second-order valence-corrected chi connectivity index (χ2v) is 14.6. The van der Waals surface area contributed by atoms with Crippen LogP contribution in [0, 0.1) is 13.8 Å². The number of hydrogen-bond acceptors (Lipinski definition) is 0. The lowest BCUT2D eigenvalue weighted by molar-refractivity contribution is -0.652. The zero-order valence-electron chi connectivity index (χ0n) is 30.7. The highest BCUT2D eigenvalue weighted by molar-refractivity contribution is 6.02. The maximum absolute atomic E-state index is 2.38. The monoisotopic (exact) mass is 691 g/mol. The molecule has 0 fully saturated rings. The standard InChI is InChI=1S/C52H39N2/c1-34-25-46(23-24-50(34)54-35(2)53(3)51-21-4-5-22-52(51)54)49-32-47-31-48(33-49)45-20-10-18-43(30-45)41-16-8-14-39(28-41)37-12-6-11-36(26-37)38-13-7-15-40(27-38)42-17-9-19-44(47)29-42/h4-33H,1-3H3/q+1. The summed E-state index contributed by atoms with van der Waals surface area (Å²) in [5.74, 6) is 1.20. The number of nitrogens with zero attached hydrogens (tertiary/aromatic N) is 2. The number of hydrogen-bond donors (Lipinski definition) is 0. The van der Waals surface area contributed by atoms with E-state index >= 15 is 0 Å². The molecule has 0 radical (unpaired) electrons. The van der Waals surface area contributed by atoms with E-state index in [4.69, 9.17) is 0 Å². The molecule has 0 aliphatic rings. The second-order valence-electron chi connectivity index (χ2n) is 14.6. The molecule has 0 aliphatic heterocycles. The molecule has 9 aromatic carbocycles. The van der Waals surface area contributed by atoms with Gasteiger partial charge in [0.05, 0.1) is 7.05 Å². The van der Waals surface area contributed by atoms with Crippen LogP contribution in [0.3, 0.4) is 0 Å². The lowest BCUT2D eigenvalue weighted by atomic mass is 9.97. The number of imidazole rings is 1. The van der Waals surface area contributed by atoms with Crippen molar-refractivity contribution >= 4 is 75.7 Å². The Morgan fingerprint density at radius 3 is 1.17 bits per heavy atom. The van der Waals surface area contributed by atoms with E-state index in [1.165, 1.54) is 104 Å². The number of para-hydroxylation sites is 2. The highest BCUT2D eigenvalue weighted by atomic mass is 15.2. The Labute approximate surface area is 314 Å². The van der Waals surface area contributed by atoms with Crippen molar-refractivity contribution in [3.8, 4) is 16.8 Å². The van der Waals surface area contributed by atoms with Gasteiger partial charge in [-0.2, -0.15) is 4.57 Å². The summed E-state index contributed by atoms with van der Waals surface area (Å²) < 4.78 is 4.66. The normalized spacial score (nSPS) is 11.6. The van der Waals surface area contributed by atoms with E-state index in [0.29, 0.717) is 0 Å². The predicted octanol–water partition coefficient (Wildman–Crippen LogP) is 13.3. The van der Waals surface area contributed by atoms with Gasteiger partial charge in [-0.15, -0.1) is 0 Å². The van der Waals surface area contributed by atoms with Crippen LogP contribution >= 0.6 is 0 Å². The van der Waals surface area contributed by atoms with Gasteiger partial charge in [0, 0.05) is 6.92 Å². The Morgan fingerprint density at radius 2 is 0.741 bits per heavy atom. The summed E-state index contributed by atoms with van der Waals surface area (Å²) in [6, 6.07) is 67.5. The molecule has 0 saturated heterocycles. The van der Waals surface area contributed by atoms with Crippen molar-refractivity contribution in [2.75, 3.05) is 0 Å². The van der Waals surface area contributed by atoms with Crippen LogP contribution in [0.2, 0.25) is 0 Å². The molecule has 10 aromatic rings. The summed E-state index contributed by atoms with van der Waals surface area (Å²) in [5.41, 5.74) is 7.28. The van der Waals surface area contributed by atoms with Crippen LogP contribution in [0.25, 0.3) is 92.5 Å². The molecule has 1 aromatic heterocycles. The molecule has 10 rings (SSSR count). The average Bonchev–Trinajstić information content (AvgIpc) is 3.49. The molecule has 54 heavy (non-hydrogen) atoms. The largest absolute Gasteiger partial charge is 0.259 e. The first-order valence-electron chi connectivity index (χ1n) is 18.7. The maximum Gasteiger partial charge on any atom is 0.259 e. The molecule has 12 bridgehead atoms. The van der Waals surface area contributed by atoms with Crippen molar-refractivity contribution < 1.29 is 4.57 Å². The first kappa shape index (κ1) is 31.9. The summed E-state index contributed by atoms with van der Waals surface area (Å²) in [7, 11) is 2.15. The third-order valence-electron chi connectivity index (χ3n) is 11.3. The molecular weight excluding hydrogens is 653 g/mol. The molecule has 0 unspecified atom stereocenters. The van der Waals surface area contributed by atoms with Gasteiger partial charge in [-0.3, -0.25) is 0 Å². The molecule has 256 valence electrons. The van der Waals surface area contributed by atoms with E-state index in [9.17, 15) is 0 Å². The lowest BCUT2D eigenvalue weighted by Crippen LogP contribution is -2.30. The van der Waals surface area contributed by atoms with Crippen molar-refractivity contribution in [1.29, 1.82) is 0 Å². The summed E-state index contributed by atoms with van der Waals surface area (Å²) in [6.07, 6.45) is 0. The van der Waals surface area contributed by atoms with Gasteiger partial charge < -0.3 is 0 Å². The van der Waals surface area contributed by atoms with Gasteiger partial charge in [0.25, 0.3) is 5.82 Å². The maximum atomic E-state index is 2.38. The zero-order chi connectivity index (χ0) is 36.3. The smallest absolute Gasteiger partial charge is 0.230 e. The topological polar surface area (TPSA) is 8.81 Å². The zero-order valence-corrected chi connectivity index (χ0v) is 30.7. The number of aryl methyl sites for hydroxylation is 2. The van der Waals surface area contributed by atoms with Crippen molar-refractivity contribution in [2.24, 2.45) is 7.05 Å². The van der Waals surface area contributed by atoms with Gasteiger partial charge in [0.2, 0.25) is 0 Å². The Kier molecular flexibility index (Phi) is 7.52. The first-order valence-corrected chi connectivity index (χ1v) is 18.7. The van der Waals surface area contributed by atoms with Crippen molar-refractivity contribution in [3.63, 3.8) is 0 Å². The Hall–Kier alpha value is -6.77. The molecule has 2 heteroatoms. The quantitative estimate of drug-likeness (QED) is 0.160. The molecule has 0 aliphatic carbocycles. The van der Waals surface area contributed by atoms with E-state index < -0.39 is 0 Å². The fourth-order valence-electron chi connectivity index (χ4n) is 8.34. The number of benzene rings is 8.